The zero-order chi connectivity index (χ0) is 20.0. The molecule has 150 valence electrons. The zero-order valence-corrected chi connectivity index (χ0v) is 17.5. The number of nitrogens with zero attached hydrogens (tertiary/aromatic N) is 1. The normalized spacial score (nSPS) is 14.7. The van der Waals surface area contributed by atoms with Gasteiger partial charge in [-0.15, -0.1) is 11.3 Å². The van der Waals surface area contributed by atoms with E-state index in [0.717, 1.165) is 17.8 Å². The van der Waals surface area contributed by atoms with Crippen LogP contribution in [0.25, 0.3) is 0 Å². The smallest absolute Gasteiger partial charge is 0.341 e. The lowest BCUT2D eigenvalue weighted by atomic mass is 9.86. The van der Waals surface area contributed by atoms with Crippen molar-refractivity contribution < 1.29 is 19.1 Å². The van der Waals surface area contributed by atoms with Crippen LogP contribution >= 0.6 is 11.3 Å². The van der Waals surface area contributed by atoms with Crippen LogP contribution in [-0.4, -0.2) is 43.4 Å². The van der Waals surface area contributed by atoms with Crippen LogP contribution < -0.4 is 5.32 Å². The average molecular weight is 395 g/mol. The first-order valence-electron chi connectivity index (χ1n) is 9.67. The molecule has 2 rings (SSSR count). The van der Waals surface area contributed by atoms with E-state index in [1.54, 1.807) is 27.9 Å². The second kappa shape index (κ2) is 9.88. The Morgan fingerprint density at radius 3 is 2.44 bits per heavy atom. The number of esters is 1. The van der Waals surface area contributed by atoms with E-state index in [2.05, 4.69) is 5.32 Å². The van der Waals surface area contributed by atoms with E-state index < -0.39 is 5.97 Å². The predicted molar refractivity (Wildman–Crippen MR) is 107 cm³/mol. The summed E-state index contributed by atoms with van der Waals surface area (Å²) in [5.41, 5.74) is 0.845. The van der Waals surface area contributed by atoms with Crippen LogP contribution in [0.4, 0.5) is 5.00 Å². The van der Waals surface area contributed by atoms with Crippen molar-refractivity contribution in [1.29, 1.82) is 0 Å². The third-order valence-corrected chi connectivity index (χ3v) is 6.18. The van der Waals surface area contributed by atoms with Crippen LogP contribution in [0.5, 0.6) is 0 Å². The van der Waals surface area contributed by atoms with Crippen molar-refractivity contribution in [2.24, 2.45) is 5.92 Å². The van der Waals surface area contributed by atoms with Crippen molar-refractivity contribution in [1.82, 2.24) is 4.90 Å². The van der Waals surface area contributed by atoms with Gasteiger partial charge in [0.2, 0.25) is 5.91 Å². The van der Waals surface area contributed by atoms with Gasteiger partial charge in [-0.2, -0.15) is 0 Å². The van der Waals surface area contributed by atoms with Crippen molar-refractivity contribution in [3.05, 3.63) is 16.0 Å². The summed E-state index contributed by atoms with van der Waals surface area (Å²) in [7, 11) is 3.32. The minimum Gasteiger partial charge on any atom is -0.462 e. The summed E-state index contributed by atoms with van der Waals surface area (Å²) in [6.45, 7) is 3.69. The highest BCUT2D eigenvalue weighted by Gasteiger charge is 2.27. The Morgan fingerprint density at radius 1 is 1.19 bits per heavy atom. The average Bonchev–Trinajstić information content (AvgIpc) is 2.96. The highest BCUT2D eigenvalue weighted by atomic mass is 32.1. The topological polar surface area (TPSA) is 75.7 Å². The van der Waals surface area contributed by atoms with E-state index in [9.17, 15) is 14.4 Å². The van der Waals surface area contributed by atoms with Crippen LogP contribution in [0, 0.1) is 12.8 Å². The van der Waals surface area contributed by atoms with Gasteiger partial charge < -0.3 is 15.0 Å². The largest absolute Gasteiger partial charge is 0.462 e. The second-order valence-electron chi connectivity index (χ2n) is 7.27. The monoisotopic (exact) mass is 394 g/mol. The molecule has 1 N–H and O–H groups in total. The third kappa shape index (κ3) is 5.54. The fraction of sp³-hybridized carbons (Fsp3) is 0.650. The molecule has 1 saturated carbocycles. The summed E-state index contributed by atoms with van der Waals surface area (Å²) in [4.78, 5) is 39.2. The molecule has 1 aromatic rings. The summed E-state index contributed by atoms with van der Waals surface area (Å²) in [6.07, 6.45) is 7.48. The van der Waals surface area contributed by atoms with Crippen molar-refractivity contribution >= 4 is 34.1 Å². The Hall–Kier alpha value is -1.89. The zero-order valence-electron chi connectivity index (χ0n) is 16.7. The van der Waals surface area contributed by atoms with E-state index in [0.29, 0.717) is 27.8 Å². The number of anilines is 1. The Bertz CT molecular complexity index is 690. The maximum Gasteiger partial charge on any atom is 0.341 e. The summed E-state index contributed by atoms with van der Waals surface area (Å²) in [6, 6.07) is 0. The highest BCUT2D eigenvalue weighted by Crippen LogP contribution is 2.35. The first kappa shape index (κ1) is 21.4. The standard InChI is InChI=1S/C20H30N2O4S/c1-5-26-20(25)16-13(2)17(19(24)22(3)4)27-18(16)21-15(23)12-11-14-9-7-6-8-10-14/h14H,5-12H2,1-4H3,(H,21,23). The molecule has 0 saturated heterocycles. The Kier molecular flexibility index (Phi) is 7.83. The number of thiophene rings is 1. The van der Waals surface area contributed by atoms with Gasteiger partial charge in [0.05, 0.1) is 17.0 Å². The van der Waals surface area contributed by atoms with Gasteiger partial charge in [-0.25, -0.2) is 4.79 Å². The number of amides is 2. The molecule has 1 aromatic heterocycles. The van der Waals surface area contributed by atoms with Crippen molar-refractivity contribution in [3.63, 3.8) is 0 Å². The lowest BCUT2D eigenvalue weighted by Crippen LogP contribution is -2.21. The molecule has 1 aliphatic carbocycles. The summed E-state index contributed by atoms with van der Waals surface area (Å²) in [5.74, 6) is -0.196. The lowest BCUT2D eigenvalue weighted by molar-refractivity contribution is -0.116. The quantitative estimate of drug-likeness (QED) is 0.702. The molecule has 0 unspecified atom stereocenters. The number of hydrogen-bond acceptors (Lipinski definition) is 5. The minimum atomic E-state index is -0.508. The number of hydrogen-bond donors (Lipinski definition) is 1. The van der Waals surface area contributed by atoms with Gasteiger partial charge in [0, 0.05) is 20.5 Å². The Balaban J connectivity index is 2.15. The second-order valence-corrected chi connectivity index (χ2v) is 8.29. The number of rotatable bonds is 7. The minimum absolute atomic E-state index is 0.115. The van der Waals surface area contributed by atoms with Gasteiger partial charge in [-0.3, -0.25) is 9.59 Å². The molecular formula is C20H30N2O4S. The number of ether oxygens (including phenoxy) is 1. The Morgan fingerprint density at radius 2 is 1.85 bits per heavy atom. The molecular weight excluding hydrogens is 364 g/mol. The molecule has 27 heavy (non-hydrogen) atoms. The SMILES string of the molecule is CCOC(=O)c1c(NC(=O)CCC2CCCCC2)sc(C(=O)N(C)C)c1C. The molecule has 0 aromatic carbocycles. The van der Waals surface area contributed by atoms with Gasteiger partial charge in [0.15, 0.2) is 0 Å². The van der Waals surface area contributed by atoms with Crippen LogP contribution in [-0.2, 0) is 9.53 Å². The molecule has 7 heteroatoms. The molecule has 1 heterocycles. The molecule has 0 aliphatic heterocycles. The molecule has 1 fully saturated rings. The Labute approximate surface area is 165 Å². The fourth-order valence-corrected chi connectivity index (χ4v) is 4.69. The molecule has 0 spiro atoms. The highest BCUT2D eigenvalue weighted by molar-refractivity contribution is 7.18. The number of carbonyl (C=O) groups excluding carboxylic acids is 3. The number of nitrogens with one attached hydrogen (secondary N) is 1. The first-order valence-corrected chi connectivity index (χ1v) is 10.5. The molecule has 2 amide bonds. The van der Waals surface area contributed by atoms with Crippen molar-refractivity contribution in [3.8, 4) is 0 Å². The van der Waals surface area contributed by atoms with Gasteiger partial charge in [-0.05, 0) is 31.7 Å². The third-order valence-electron chi connectivity index (χ3n) is 4.98. The maximum atomic E-state index is 12.5. The van der Waals surface area contributed by atoms with Gasteiger partial charge in [0.1, 0.15) is 5.00 Å². The lowest BCUT2D eigenvalue weighted by Gasteiger charge is -2.20. The van der Waals surface area contributed by atoms with E-state index in [1.807, 2.05) is 0 Å². The molecule has 0 radical (unpaired) electrons. The van der Waals surface area contributed by atoms with Crippen LogP contribution in [0.2, 0.25) is 0 Å². The van der Waals surface area contributed by atoms with E-state index in [-0.39, 0.29) is 24.0 Å². The van der Waals surface area contributed by atoms with E-state index in [1.165, 1.54) is 37.0 Å². The molecule has 0 bridgehead atoms. The summed E-state index contributed by atoms with van der Waals surface area (Å²) < 4.78 is 5.13. The summed E-state index contributed by atoms with van der Waals surface area (Å²) in [5, 5.41) is 3.26. The van der Waals surface area contributed by atoms with Gasteiger partial charge in [0.25, 0.3) is 5.91 Å². The van der Waals surface area contributed by atoms with E-state index >= 15 is 0 Å². The van der Waals surface area contributed by atoms with Crippen molar-refractivity contribution in [2.75, 3.05) is 26.0 Å². The first-order chi connectivity index (χ1) is 12.8. The van der Waals surface area contributed by atoms with Crippen molar-refractivity contribution in [2.45, 2.75) is 58.8 Å². The van der Waals surface area contributed by atoms with Crippen LogP contribution in [0.15, 0.2) is 0 Å². The van der Waals surface area contributed by atoms with Crippen LogP contribution in [0.1, 0.15) is 77.5 Å². The van der Waals surface area contributed by atoms with E-state index in [4.69, 9.17) is 4.74 Å². The van der Waals surface area contributed by atoms with Crippen LogP contribution in [0.3, 0.4) is 0 Å². The molecule has 0 atom stereocenters. The van der Waals surface area contributed by atoms with Gasteiger partial charge >= 0.3 is 5.97 Å². The fourth-order valence-electron chi connectivity index (χ4n) is 3.46. The molecule has 1 aliphatic rings. The predicted octanol–water partition coefficient (Wildman–Crippen LogP) is 4.23. The maximum absolute atomic E-state index is 12.5. The summed E-state index contributed by atoms with van der Waals surface area (Å²) >= 11 is 1.14. The van der Waals surface area contributed by atoms with Gasteiger partial charge in [-0.1, -0.05) is 32.1 Å². The molecule has 6 nitrogen and oxygen atoms in total. The number of carbonyl (C=O) groups is 3.